The fraction of sp³-hybridized carbons (Fsp3) is 0.917. The highest BCUT2D eigenvalue weighted by Gasteiger charge is 2.22. The summed E-state index contributed by atoms with van der Waals surface area (Å²) in [6, 6.07) is 1.11. The SMILES string of the molecule is CC(C)NCC1CCCCN1CCC(N)=O. The average Bonchev–Trinajstić information content (AvgIpc) is 2.24. The van der Waals surface area contributed by atoms with Crippen molar-refractivity contribution in [3.8, 4) is 0 Å². The highest BCUT2D eigenvalue weighted by molar-refractivity contribution is 5.73. The predicted octanol–water partition coefficient (Wildman–Crippen LogP) is 0.714. The summed E-state index contributed by atoms with van der Waals surface area (Å²) in [4.78, 5) is 13.2. The van der Waals surface area contributed by atoms with Crippen LogP contribution in [0.3, 0.4) is 0 Å². The van der Waals surface area contributed by atoms with Gasteiger partial charge in [-0.15, -0.1) is 0 Å². The lowest BCUT2D eigenvalue weighted by Gasteiger charge is -2.36. The number of nitrogens with two attached hydrogens (primary N) is 1. The second kappa shape index (κ2) is 6.86. The number of nitrogens with zero attached hydrogens (tertiary/aromatic N) is 1. The van der Waals surface area contributed by atoms with Crippen molar-refractivity contribution in [2.75, 3.05) is 19.6 Å². The smallest absolute Gasteiger partial charge is 0.218 e. The molecule has 1 unspecified atom stereocenters. The Bertz CT molecular complexity index is 218. The molecule has 1 fully saturated rings. The predicted molar refractivity (Wildman–Crippen MR) is 66.2 cm³/mol. The van der Waals surface area contributed by atoms with Crippen LogP contribution in [0.4, 0.5) is 0 Å². The zero-order valence-electron chi connectivity index (χ0n) is 10.5. The van der Waals surface area contributed by atoms with Crippen molar-refractivity contribution in [2.45, 2.75) is 51.6 Å². The van der Waals surface area contributed by atoms with Crippen LogP contribution in [0.25, 0.3) is 0 Å². The van der Waals surface area contributed by atoms with Crippen LogP contribution in [0.2, 0.25) is 0 Å². The van der Waals surface area contributed by atoms with Gasteiger partial charge in [-0.1, -0.05) is 20.3 Å². The molecule has 94 valence electrons. The highest BCUT2D eigenvalue weighted by atomic mass is 16.1. The lowest BCUT2D eigenvalue weighted by Crippen LogP contribution is -2.47. The third kappa shape index (κ3) is 4.94. The first-order valence-electron chi connectivity index (χ1n) is 6.35. The molecule has 1 amide bonds. The summed E-state index contributed by atoms with van der Waals surface area (Å²) in [5, 5.41) is 3.47. The van der Waals surface area contributed by atoms with E-state index < -0.39 is 0 Å². The molecule has 0 bridgehead atoms. The molecule has 3 N–H and O–H groups in total. The van der Waals surface area contributed by atoms with Gasteiger partial charge in [0.2, 0.25) is 5.91 Å². The molecule has 1 saturated heterocycles. The Morgan fingerprint density at radius 1 is 1.50 bits per heavy atom. The highest BCUT2D eigenvalue weighted by Crippen LogP contribution is 2.16. The summed E-state index contributed by atoms with van der Waals surface area (Å²) in [6.07, 6.45) is 4.27. The number of primary amides is 1. The van der Waals surface area contributed by atoms with Gasteiger partial charge in [-0.2, -0.15) is 0 Å². The molecule has 16 heavy (non-hydrogen) atoms. The van der Waals surface area contributed by atoms with Crippen molar-refractivity contribution >= 4 is 5.91 Å². The van der Waals surface area contributed by atoms with Gasteiger partial charge in [0.15, 0.2) is 0 Å². The van der Waals surface area contributed by atoms with Crippen LogP contribution in [-0.4, -0.2) is 42.5 Å². The molecule has 0 aromatic carbocycles. The molecule has 0 aliphatic carbocycles. The van der Waals surface area contributed by atoms with Crippen LogP contribution in [0.1, 0.15) is 39.5 Å². The fourth-order valence-corrected chi connectivity index (χ4v) is 2.21. The van der Waals surface area contributed by atoms with Crippen LogP contribution in [0, 0.1) is 0 Å². The summed E-state index contributed by atoms with van der Waals surface area (Å²) in [5.41, 5.74) is 5.20. The lowest BCUT2D eigenvalue weighted by molar-refractivity contribution is -0.118. The van der Waals surface area contributed by atoms with Crippen molar-refractivity contribution in [3.63, 3.8) is 0 Å². The number of carbonyl (C=O) groups is 1. The van der Waals surface area contributed by atoms with Crippen molar-refractivity contribution in [2.24, 2.45) is 5.73 Å². The van der Waals surface area contributed by atoms with Gasteiger partial charge < -0.3 is 11.1 Å². The summed E-state index contributed by atoms with van der Waals surface area (Å²) in [7, 11) is 0. The van der Waals surface area contributed by atoms with Gasteiger partial charge in [-0.3, -0.25) is 9.69 Å². The third-order valence-electron chi connectivity index (χ3n) is 3.16. The maximum absolute atomic E-state index is 10.8. The quantitative estimate of drug-likeness (QED) is 0.703. The summed E-state index contributed by atoms with van der Waals surface area (Å²) < 4.78 is 0. The Morgan fingerprint density at radius 2 is 2.25 bits per heavy atom. The number of carbonyl (C=O) groups excluding carboxylic acids is 1. The topological polar surface area (TPSA) is 58.4 Å². The van der Waals surface area contributed by atoms with Crippen molar-refractivity contribution in [1.29, 1.82) is 0 Å². The molecule has 0 saturated carbocycles. The zero-order valence-corrected chi connectivity index (χ0v) is 10.5. The second-order valence-electron chi connectivity index (χ2n) is 4.96. The van der Waals surface area contributed by atoms with E-state index in [1.165, 1.54) is 19.3 Å². The minimum atomic E-state index is -0.193. The van der Waals surface area contributed by atoms with Crippen LogP contribution in [0.15, 0.2) is 0 Å². The number of piperidine rings is 1. The first kappa shape index (κ1) is 13.5. The van der Waals surface area contributed by atoms with E-state index >= 15 is 0 Å². The largest absolute Gasteiger partial charge is 0.370 e. The molecule has 1 aliphatic heterocycles. The lowest BCUT2D eigenvalue weighted by atomic mass is 10.0. The number of nitrogens with one attached hydrogen (secondary N) is 1. The monoisotopic (exact) mass is 227 g/mol. The Balaban J connectivity index is 2.34. The summed E-state index contributed by atoms with van der Waals surface area (Å²) in [6.45, 7) is 7.28. The third-order valence-corrected chi connectivity index (χ3v) is 3.16. The van der Waals surface area contributed by atoms with Crippen molar-refractivity contribution in [3.05, 3.63) is 0 Å². The molecule has 0 radical (unpaired) electrons. The van der Waals surface area contributed by atoms with Gasteiger partial charge in [0, 0.05) is 31.6 Å². The van der Waals surface area contributed by atoms with Gasteiger partial charge >= 0.3 is 0 Å². The number of hydrogen-bond acceptors (Lipinski definition) is 3. The number of hydrogen-bond donors (Lipinski definition) is 2. The minimum absolute atomic E-state index is 0.193. The molecule has 4 nitrogen and oxygen atoms in total. The summed E-state index contributed by atoms with van der Waals surface area (Å²) >= 11 is 0. The van der Waals surface area contributed by atoms with Gasteiger partial charge in [-0.05, 0) is 19.4 Å². The minimum Gasteiger partial charge on any atom is -0.370 e. The first-order chi connectivity index (χ1) is 7.59. The Kier molecular flexibility index (Phi) is 5.77. The number of rotatable bonds is 6. The van der Waals surface area contributed by atoms with Gasteiger partial charge in [0.25, 0.3) is 0 Å². The van der Waals surface area contributed by atoms with Crippen molar-refractivity contribution < 1.29 is 4.79 Å². The number of amides is 1. The maximum atomic E-state index is 10.8. The summed E-state index contributed by atoms with van der Waals surface area (Å²) in [5.74, 6) is -0.193. The molecule has 1 heterocycles. The standard InChI is InChI=1S/C12H25N3O/c1-10(2)14-9-11-5-3-4-7-15(11)8-6-12(13)16/h10-11,14H,3-9H2,1-2H3,(H2,13,16). The van der Waals surface area contributed by atoms with Crippen LogP contribution >= 0.6 is 0 Å². The second-order valence-corrected chi connectivity index (χ2v) is 4.96. The van der Waals surface area contributed by atoms with E-state index in [2.05, 4.69) is 24.1 Å². The molecule has 1 rings (SSSR count). The van der Waals surface area contributed by atoms with Crippen LogP contribution < -0.4 is 11.1 Å². The van der Waals surface area contributed by atoms with E-state index in [9.17, 15) is 4.79 Å². The van der Waals surface area contributed by atoms with E-state index in [4.69, 9.17) is 5.73 Å². The van der Waals surface area contributed by atoms with E-state index in [0.29, 0.717) is 18.5 Å². The van der Waals surface area contributed by atoms with E-state index in [-0.39, 0.29) is 5.91 Å². The van der Waals surface area contributed by atoms with E-state index in [1.807, 2.05) is 0 Å². The Hall–Kier alpha value is -0.610. The zero-order chi connectivity index (χ0) is 12.0. The van der Waals surface area contributed by atoms with Crippen LogP contribution in [-0.2, 0) is 4.79 Å². The Morgan fingerprint density at radius 3 is 2.88 bits per heavy atom. The normalized spacial score (nSPS) is 22.6. The molecular weight excluding hydrogens is 202 g/mol. The molecule has 0 spiro atoms. The van der Waals surface area contributed by atoms with Crippen molar-refractivity contribution in [1.82, 2.24) is 10.2 Å². The molecule has 1 aliphatic rings. The molecule has 1 atom stereocenters. The van der Waals surface area contributed by atoms with E-state index in [0.717, 1.165) is 19.6 Å². The first-order valence-corrected chi connectivity index (χ1v) is 6.35. The molecule has 0 aromatic rings. The van der Waals surface area contributed by atoms with E-state index in [1.54, 1.807) is 0 Å². The fourth-order valence-electron chi connectivity index (χ4n) is 2.21. The molecular formula is C12H25N3O. The van der Waals surface area contributed by atoms with Gasteiger partial charge in [0.05, 0.1) is 0 Å². The molecule has 0 aromatic heterocycles. The van der Waals surface area contributed by atoms with Gasteiger partial charge in [0.1, 0.15) is 0 Å². The van der Waals surface area contributed by atoms with Gasteiger partial charge in [-0.25, -0.2) is 0 Å². The molecule has 4 heteroatoms. The van der Waals surface area contributed by atoms with Crippen LogP contribution in [0.5, 0.6) is 0 Å². The Labute approximate surface area is 98.6 Å². The maximum Gasteiger partial charge on any atom is 0.218 e. The average molecular weight is 227 g/mol. The number of likely N-dealkylation sites (tertiary alicyclic amines) is 1.